The van der Waals surface area contributed by atoms with Crippen molar-refractivity contribution >= 4 is 16.8 Å². The number of benzene rings is 2. The highest BCUT2D eigenvalue weighted by Gasteiger charge is 2.43. The van der Waals surface area contributed by atoms with Crippen LogP contribution in [-0.4, -0.2) is 0 Å². The lowest BCUT2D eigenvalue weighted by Crippen LogP contribution is -2.58. The first kappa shape index (κ1) is 15.1. The Balaban J connectivity index is 2.19. The second-order valence-electron chi connectivity index (χ2n) is 7.04. The first-order valence-electron chi connectivity index (χ1n) is 8.90. The predicted octanol–water partition coefficient (Wildman–Crippen LogP) is 5.58. The quantitative estimate of drug-likeness (QED) is 0.543. The van der Waals surface area contributed by atoms with Crippen LogP contribution in [0.25, 0.3) is 28.1 Å². The Morgan fingerprint density at radius 1 is 0.958 bits per heavy atom. The molecular formula is C23H24N+. The third-order valence-corrected chi connectivity index (χ3v) is 5.64. The molecule has 0 saturated carbocycles. The van der Waals surface area contributed by atoms with Gasteiger partial charge in [0.2, 0.25) is 5.69 Å². The number of rotatable bonds is 2. The van der Waals surface area contributed by atoms with Gasteiger partial charge in [-0.2, -0.15) is 4.57 Å². The molecular weight excluding hydrogens is 290 g/mol. The molecule has 2 heterocycles. The van der Waals surface area contributed by atoms with Crippen molar-refractivity contribution in [3.63, 3.8) is 0 Å². The van der Waals surface area contributed by atoms with Crippen LogP contribution in [-0.2, 0) is 5.54 Å². The Hall–Kier alpha value is -2.41. The van der Waals surface area contributed by atoms with E-state index >= 15 is 0 Å². The number of fused-ring (bicyclic) bond motifs is 5. The predicted molar refractivity (Wildman–Crippen MR) is 102 cm³/mol. The minimum absolute atomic E-state index is 0.00160. The number of nitrogens with zero attached hydrogens (tertiary/aromatic N) is 1. The zero-order valence-electron chi connectivity index (χ0n) is 14.7. The molecule has 1 atom stereocenters. The summed E-state index contributed by atoms with van der Waals surface area (Å²) in [5, 5.41) is 2.63. The van der Waals surface area contributed by atoms with Gasteiger partial charge in [-0.05, 0) is 29.2 Å². The van der Waals surface area contributed by atoms with Crippen LogP contribution < -0.4 is 4.57 Å². The topological polar surface area (TPSA) is 3.88 Å². The summed E-state index contributed by atoms with van der Waals surface area (Å²) in [4.78, 5) is 0. The van der Waals surface area contributed by atoms with Gasteiger partial charge in [-0.15, -0.1) is 0 Å². The zero-order valence-corrected chi connectivity index (χ0v) is 14.7. The SMILES string of the molecule is CCC1(C(C)C)C=Cc2ccccc2-c2c3ccccc3cc[n+]21. The smallest absolute Gasteiger partial charge is 0.188 e. The molecule has 1 aliphatic rings. The normalized spacial score (nSPS) is 19.2. The van der Waals surface area contributed by atoms with Gasteiger partial charge in [0.1, 0.15) is 0 Å². The molecule has 0 bridgehead atoms. The van der Waals surface area contributed by atoms with Crippen LogP contribution in [0.4, 0.5) is 0 Å². The average molecular weight is 314 g/mol. The van der Waals surface area contributed by atoms with Crippen molar-refractivity contribution in [2.24, 2.45) is 5.92 Å². The first-order valence-corrected chi connectivity index (χ1v) is 8.90. The van der Waals surface area contributed by atoms with Gasteiger partial charge in [0.15, 0.2) is 11.7 Å². The molecule has 0 saturated heterocycles. The lowest BCUT2D eigenvalue weighted by atomic mass is 9.82. The minimum atomic E-state index is -0.00160. The number of aromatic nitrogens is 1. The summed E-state index contributed by atoms with van der Waals surface area (Å²) in [6, 6.07) is 19.7. The Kier molecular flexibility index (Phi) is 3.53. The lowest BCUT2D eigenvalue weighted by molar-refractivity contribution is -0.749. The summed E-state index contributed by atoms with van der Waals surface area (Å²) in [6.45, 7) is 6.96. The molecule has 120 valence electrons. The maximum Gasteiger partial charge on any atom is 0.221 e. The summed E-state index contributed by atoms with van der Waals surface area (Å²) < 4.78 is 2.52. The van der Waals surface area contributed by atoms with E-state index in [0.29, 0.717) is 5.92 Å². The molecule has 0 radical (unpaired) electrons. The summed E-state index contributed by atoms with van der Waals surface area (Å²) in [6.07, 6.45) is 8.10. The molecule has 1 heteroatoms. The first-order chi connectivity index (χ1) is 11.7. The average Bonchev–Trinajstić information content (AvgIpc) is 2.77. The fourth-order valence-electron chi connectivity index (χ4n) is 4.18. The maximum absolute atomic E-state index is 2.52. The van der Waals surface area contributed by atoms with Crippen molar-refractivity contribution in [2.45, 2.75) is 32.7 Å². The molecule has 1 aliphatic heterocycles. The molecule has 0 amide bonds. The summed E-state index contributed by atoms with van der Waals surface area (Å²) in [5.74, 6) is 0.512. The summed E-state index contributed by atoms with van der Waals surface area (Å²) in [5.41, 5.74) is 3.96. The molecule has 0 N–H and O–H groups in total. The van der Waals surface area contributed by atoms with Crippen LogP contribution >= 0.6 is 0 Å². The Morgan fingerprint density at radius 2 is 1.71 bits per heavy atom. The van der Waals surface area contributed by atoms with E-state index in [9.17, 15) is 0 Å². The van der Waals surface area contributed by atoms with Gasteiger partial charge < -0.3 is 0 Å². The van der Waals surface area contributed by atoms with Crippen molar-refractivity contribution in [2.75, 3.05) is 0 Å². The molecule has 0 fully saturated rings. The lowest BCUT2D eigenvalue weighted by Gasteiger charge is -2.29. The largest absolute Gasteiger partial charge is 0.221 e. The molecule has 2 aromatic carbocycles. The van der Waals surface area contributed by atoms with Gasteiger partial charge in [0, 0.05) is 18.4 Å². The van der Waals surface area contributed by atoms with E-state index in [1.165, 1.54) is 27.6 Å². The van der Waals surface area contributed by atoms with E-state index in [1.807, 2.05) is 0 Å². The van der Waals surface area contributed by atoms with Gasteiger partial charge >= 0.3 is 0 Å². The highest BCUT2D eigenvalue weighted by molar-refractivity contribution is 5.95. The van der Waals surface area contributed by atoms with Crippen molar-refractivity contribution in [3.05, 3.63) is 72.4 Å². The van der Waals surface area contributed by atoms with Crippen molar-refractivity contribution in [1.82, 2.24) is 0 Å². The van der Waals surface area contributed by atoms with Gasteiger partial charge in [0.05, 0.1) is 10.9 Å². The fourth-order valence-corrected chi connectivity index (χ4v) is 4.18. The van der Waals surface area contributed by atoms with Gasteiger partial charge in [-0.1, -0.05) is 63.2 Å². The van der Waals surface area contributed by atoms with E-state index < -0.39 is 0 Å². The highest BCUT2D eigenvalue weighted by Crippen LogP contribution is 2.37. The molecule has 4 rings (SSSR count). The number of hydrogen-bond donors (Lipinski definition) is 0. The molecule has 1 unspecified atom stereocenters. The standard InChI is InChI=1S/C23H24N/c1-4-23(17(2)3)15-13-18-9-5-7-11-20(18)22-21-12-8-6-10-19(21)14-16-24(22)23/h5-17H,4H2,1-3H3/q+1. The van der Waals surface area contributed by atoms with Gasteiger partial charge in [0.25, 0.3) is 0 Å². The van der Waals surface area contributed by atoms with Crippen LogP contribution in [0.5, 0.6) is 0 Å². The van der Waals surface area contributed by atoms with Crippen LogP contribution in [0.3, 0.4) is 0 Å². The monoisotopic (exact) mass is 314 g/mol. The number of allylic oxidation sites excluding steroid dienone is 1. The van der Waals surface area contributed by atoms with Crippen LogP contribution in [0, 0.1) is 5.92 Å². The van der Waals surface area contributed by atoms with Gasteiger partial charge in [-0.25, -0.2) is 0 Å². The number of pyridine rings is 1. The summed E-state index contributed by atoms with van der Waals surface area (Å²) >= 11 is 0. The zero-order chi connectivity index (χ0) is 16.7. The maximum atomic E-state index is 2.52. The van der Waals surface area contributed by atoms with Crippen LogP contribution in [0.1, 0.15) is 32.8 Å². The fraction of sp³-hybridized carbons (Fsp3) is 0.261. The molecule has 1 aromatic heterocycles. The molecule has 0 aliphatic carbocycles. The van der Waals surface area contributed by atoms with E-state index in [2.05, 4.69) is 98.3 Å². The van der Waals surface area contributed by atoms with Gasteiger partial charge in [-0.3, -0.25) is 0 Å². The highest BCUT2D eigenvalue weighted by atomic mass is 15.1. The van der Waals surface area contributed by atoms with E-state index in [-0.39, 0.29) is 5.54 Å². The van der Waals surface area contributed by atoms with E-state index in [4.69, 9.17) is 0 Å². The minimum Gasteiger partial charge on any atom is -0.188 e. The van der Waals surface area contributed by atoms with E-state index in [0.717, 1.165) is 6.42 Å². The van der Waals surface area contributed by atoms with Crippen molar-refractivity contribution < 1.29 is 4.57 Å². The van der Waals surface area contributed by atoms with Crippen LogP contribution in [0.15, 0.2) is 66.9 Å². The third-order valence-electron chi connectivity index (χ3n) is 5.64. The molecule has 1 nitrogen and oxygen atoms in total. The number of hydrogen-bond acceptors (Lipinski definition) is 0. The molecule has 24 heavy (non-hydrogen) atoms. The van der Waals surface area contributed by atoms with Crippen molar-refractivity contribution in [1.29, 1.82) is 0 Å². The third kappa shape index (κ3) is 2.04. The van der Waals surface area contributed by atoms with E-state index in [1.54, 1.807) is 0 Å². The van der Waals surface area contributed by atoms with Crippen LogP contribution in [0.2, 0.25) is 0 Å². The Labute approximate surface area is 144 Å². The molecule has 0 spiro atoms. The summed E-state index contributed by atoms with van der Waals surface area (Å²) in [7, 11) is 0. The Morgan fingerprint density at radius 3 is 2.50 bits per heavy atom. The second kappa shape index (κ2) is 5.59. The second-order valence-corrected chi connectivity index (χ2v) is 7.04. The molecule has 3 aromatic rings. The van der Waals surface area contributed by atoms with Crippen molar-refractivity contribution in [3.8, 4) is 11.3 Å². The Bertz CT molecular complexity index is 936.